The van der Waals surface area contributed by atoms with Gasteiger partial charge < -0.3 is 4.90 Å². The molecule has 0 N–H and O–H groups in total. The number of carbonyl (C=O) groups is 2. The lowest BCUT2D eigenvalue weighted by molar-refractivity contribution is -0.135. The van der Waals surface area contributed by atoms with Crippen molar-refractivity contribution in [3.05, 3.63) is 27.8 Å². The summed E-state index contributed by atoms with van der Waals surface area (Å²) in [5, 5.41) is 8.84. The number of nitrogens with zero attached hydrogens (tertiary/aromatic N) is 2. The SMILES string of the molecule is C[C@H](C#N)C(=O)[C@H]1CCCN(c2ccc(I)cc2)C1=O. The molecule has 1 aromatic rings. The second-order valence-electron chi connectivity index (χ2n) is 4.91. The minimum atomic E-state index is -0.722. The lowest BCUT2D eigenvalue weighted by Crippen LogP contribution is -2.45. The first-order valence-corrected chi connectivity index (χ1v) is 7.62. The van der Waals surface area contributed by atoms with Gasteiger partial charge in [-0.1, -0.05) is 0 Å². The van der Waals surface area contributed by atoms with Crippen molar-refractivity contribution >= 4 is 40.0 Å². The summed E-state index contributed by atoms with van der Waals surface area (Å²) in [6.45, 7) is 2.18. The van der Waals surface area contributed by atoms with E-state index in [1.165, 1.54) is 0 Å². The van der Waals surface area contributed by atoms with Crippen molar-refractivity contribution in [1.29, 1.82) is 5.26 Å². The Kier molecular flexibility index (Phi) is 4.76. The van der Waals surface area contributed by atoms with Gasteiger partial charge in [-0.15, -0.1) is 0 Å². The molecule has 0 radical (unpaired) electrons. The number of Topliss-reactive ketones (excluding diaryl/α,β-unsaturated/α-hetero) is 1. The van der Waals surface area contributed by atoms with Gasteiger partial charge in [0.15, 0.2) is 5.78 Å². The topological polar surface area (TPSA) is 61.2 Å². The van der Waals surface area contributed by atoms with Gasteiger partial charge in [0.1, 0.15) is 5.92 Å². The lowest BCUT2D eigenvalue weighted by atomic mass is 9.87. The monoisotopic (exact) mass is 382 g/mol. The van der Waals surface area contributed by atoms with Gasteiger partial charge in [-0.3, -0.25) is 9.59 Å². The van der Waals surface area contributed by atoms with Crippen LogP contribution < -0.4 is 4.90 Å². The average molecular weight is 382 g/mol. The normalized spacial score (nSPS) is 20.4. The zero-order valence-corrected chi connectivity index (χ0v) is 13.3. The standard InChI is InChI=1S/C15H15IN2O2/c1-10(9-17)14(19)13-3-2-8-18(15(13)20)12-6-4-11(16)5-7-12/h4-7,10,13H,2-3,8H2,1H3/t10-,13-/m1/s1. The third-order valence-corrected chi connectivity index (χ3v) is 4.26. The number of halogens is 1. The molecule has 0 spiro atoms. The quantitative estimate of drug-likeness (QED) is 0.597. The smallest absolute Gasteiger partial charge is 0.237 e. The maximum atomic E-state index is 12.5. The fourth-order valence-electron chi connectivity index (χ4n) is 2.38. The summed E-state index contributed by atoms with van der Waals surface area (Å²) in [5.74, 6) is -1.82. The van der Waals surface area contributed by atoms with Gasteiger partial charge in [-0.25, -0.2) is 0 Å². The number of nitriles is 1. The highest BCUT2D eigenvalue weighted by molar-refractivity contribution is 14.1. The third kappa shape index (κ3) is 3.01. The molecular weight excluding hydrogens is 367 g/mol. The molecule has 4 nitrogen and oxygen atoms in total. The minimum Gasteiger partial charge on any atom is -0.312 e. The molecule has 1 aliphatic rings. The Labute approximate surface area is 131 Å². The van der Waals surface area contributed by atoms with E-state index in [0.717, 1.165) is 15.7 Å². The highest BCUT2D eigenvalue weighted by Crippen LogP contribution is 2.27. The van der Waals surface area contributed by atoms with Crippen molar-refractivity contribution in [3.63, 3.8) is 0 Å². The Balaban J connectivity index is 2.21. The zero-order chi connectivity index (χ0) is 14.7. The van der Waals surface area contributed by atoms with Gasteiger partial charge in [-0.2, -0.15) is 5.26 Å². The molecule has 1 saturated heterocycles. The van der Waals surface area contributed by atoms with Crippen LogP contribution in [0, 0.1) is 26.7 Å². The molecule has 0 bridgehead atoms. The molecule has 5 heteroatoms. The fourth-order valence-corrected chi connectivity index (χ4v) is 2.74. The van der Waals surface area contributed by atoms with Crippen LogP contribution in [0.4, 0.5) is 5.69 Å². The number of anilines is 1. The number of rotatable bonds is 3. The van der Waals surface area contributed by atoms with Crippen molar-refractivity contribution in [2.75, 3.05) is 11.4 Å². The molecule has 0 unspecified atom stereocenters. The van der Waals surface area contributed by atoms with Crippen LogP contribution in [0.5, 0.6) is 0 Å². The van der Waals surface area contributed by atoms with Crippen LogP contribution in [0.3, 0.4) is 0 Å². The third-order valence-electron chi connectivity index (χ3n) is 3.54. The first kappa shape index (κ1) is 15.0. The molecule has 2 atom stereocenters. The Morgan fingerprint density at radius 1 is 1.45 bits per heavy atom. The Morgan fingerprint density at radius 3 is 2.70 bits per heavy atom. The number of benzene rings is 1. The van der Waals surface area contributed by atoms with Gasteiger partial charge in [0.2, 0.25) is 5.91 Å². The number of hydrogen-bond acceptors (Lipinski definition) is 3. The molecule has 2 rings (SSSR count). The predicted octanol–water partition coefficient (Wildman–Crippen LogP) is 2.76. The Hall–Kier alpha value is -1.42. The van der Waals surface area contributed by atoms with E-state index in [-0.39, 0.29) is 11.7 Å². The largest absolute Gasteiger partial charge is 0.312 e. The molecule has 104 valence electrons. The maximum Gasteiger partial charge on any atom is 0.237 e. The molecule has 1 amide bonds. The second-order valence-corrected chi connectivity index (χ2v) is 6.16. The van der Waals surface area contributed by atoms with Crippen molar-refractivity contribution in [1.82, 2.24) is 0 Å². The van der Waals surface area contributed by atoms with Gasteiger partial charge in [0, 0.05) is 15.8 Å². The van der Waals surface area contributed by atoms with E-state index in [4.69, 9.17) is 5.26 Å². The van der Waals surface area contributed by atoms with Crippen LogP contribution in [-0.2, 0) is 9.59 Å². The van der Waals surface area contributed by atoms with Crippen LogP contribution >= 0.6 is 22.6 Å². The van der Waals surface area contributed by atoms with Crippen molar-refractivity contribution in [2.45, 2.75) is 19.8 Å². The van der Waals surface area contributed by atoms with Crippen LogP contribution in [0.25, 0.3) is 0 Å². The molecule has 1 heterocycles. The van der Waals surface area contributed by atoms with Crippen molar-refractivity contribution in [2.24, 2.45) is 11.8 Å². The molecule has 20 heavy (non-hydrogen) atoms. The van der Waals surface area contributed by atoms with Crippen LogP contribution in [0.1, 0.15) is 19.8 Å². The van der Waals surface area contributed by atoms with Crippen LogP contribution in [0.15, 0.2) is 24.3 Å². The summed E-state index contributed by atoms with van der Waals surface area (Å²) in [6.07, 6.45) is 1.33. The van der Waals surface area contributed by atoms with Gasteiger partial charge in [0.05, 0.1) is 12.0 Å². The highest BCUT2D eigenvalue weighted by Gasteiger charge is 2.36. The molecule has 0 aliphatic carbocycles. The Morgan fingerprint density at radius 2 is 2.10 bits per heavy atom. The van der Waals surface area contributed by atoms with E-state index in [1.807, 2.05) is 30.3 Å². The predicted molar refractivity (Wildman–Crippen MR) is 84.0 cm³/mol. The summed E-state index contributed by atoms with van der Waals surface area (Å²) in [4.78, 5) is 26.2. The number of ketones is 1. The number of carbonyl (C=O) groups excluding carboxylic acids is 2. The first-order valence-electron chi connectivity index (χ1n) is 6.55. The maximum absolute atomic E-state index is 12.5. The van der Waals surface area contributed by atoms with E-state index in [0.29, 0.717) is 13.0 Å². The Bertz CT molecular complexity index is 562. The van der Waals surface area contributed by atoms with E-state index in [9.17, 15) is 9.59 Å². The first-order chi connectivity index (χ1) is 9.54. The van der Waals surface area contributed by atoms with Crippen LogP contribution in [0.2, 0.25) is 0 Å². The molecule has 1 aliphatic heterocycles. The van der Waals surface area contributed by atoms with Crippen molar-refractivity contribution in [3.8, 4) is 6.07 Å². The van der Waals surface area contributed by atoms with Gasteiger partial charge in [0.25, 0.3) is 0 Å². The van der Waals surface area contributed by atoms with E-state index >= 15 is 0 Å². The highest BCUT2D eigenvalue weighted by atomic mass is 127. The molecule has 1 fully saturated rings. The van der Waals surface area contributed by atoms with Crippen molar-refractivity contribution < 1.29 is 9.59 Å². The van der Waals surface area contributed by atoms with E-state index < -0.39 is 11.8 Å². The van der Waals surface area contributed by atoms with Gasteiger partial charge in [-0.05, 0) is 66.6 Å². The summed E-state index contributed by atoms with van der Waals surface area (Å²) < 4.78 is 1.10. The average Bonchev–Trinajstić information content (AvgIpc) is 2.47. The van der Waals surface area contributed by atoms with E-state index in [2.05, 4.69) is 22.6 Å². The molecule has 0 saturated carbocycles. The second kappa shape index (κ2) is 6.35. The molecular formula is C15H15IN2O2. The lowest BCUT2D eigenvalue weighted by Gasteiger charge is -2.32. The number of hydrogen-bond donors (Lipinski definition) is 0. The van der Waals surface area contributed by atoms with E-state index in [1.54, 1.807) is 11.8 Å². The summed E-state index contributed by atoms with van der Waals surface area (Å²) in [7, 11) is 0. The van der Waals surface area contributed by atoms with Gasteiger partial charge >= 0.3 is 0 Å². The summed E-state index contributed by atoms with van der Waals surface area (Å²) in [6, 6.07) is 9.58. The number of amides is 1. The fraction of sp³-hybridized carbons (Fsp3) is 0.400. The molecule has 1 aromatic carbocycles. The summed E-state index contributed by atoms with van der Waals surface area (Å²) >= 11 is 2.21. The minimum absolute atomic E-state index is 0.176. The van der Waals surface area contributed by atoms with Crippen LogP contribution in [-0.4, -0.2) is 18.2 Å². The number of piperidine rings is 1. The summed E-state index contributed by atoms with van der Waals surface area (Å²) in [5.41, 5.74) is 0.817. The zero-order valence-electron chi connectivity index (χ0n) is 11.2. The molecule has 0 aromatic heterocycles.